The van der Waals surface area contributed by atoms with Gasteiger partial charge in [0.15, 0.2) is 0 Å². The minimum Gasteiger partial charge on any atom is -0.328 e. The van der Waals surface area contributed by atoms with Gasteiger partial charge in [-0.15, -0.1) is 11.3 Å². The van der Waals surface area contributed by atoms with Crippen molar-refractivity contribution in [2.75, 3.05) is 0 Å². The van der Waals surface area contributed by atoms with Crippen LogP contribution in [0.15, 0.2) is 53.0 Å². The predicted molar refractivity (Wildman–Crippen MR) is 119 cm³/mol. The number of hydrogen-bond donors (Lipinski definition) is 0. The van der Waals surface area contributed by atoms with Crippen molar-refractivity contribution in [3.05, 3.63) is 80.6 Å². The molecule has 6 nitrogen and oxygen atoms in total. The van der Waals surface area contributed by atoms with Crippen molar-refractivity contribution in [3.8, 4) is 5.69 Å². The van der Waals surface area contributed by atoms with Gasteiger partial charge in [-0.25, -0.2) is 4.98 Å². The summed E-state index contributed by atoms with van der Waals surface area (Å²) < 4.78 is 4.42. The predicted octanol–water partition coefficient (Wildman–Crippen LogP) is 4.26. The number of aryl methyl sites for hydroxylation is 1. The van der Waals surface area contributed by atoms with Crippen LogP contribution in [-0.2, 0) is 13.1 Å². The molecule has 1 amide bonds. The highest BCUT2D eigenvalue weighted by atomic mass is 35.5. The third-order valence-corrected chi connectivity index (χ3v) is 6.81. The maximum atomic E-state index is 13.3. The molecule has 1 aliphatic rings. The molecule has 1 aliphatic heterocycles. The number of imidazole rings is 1. The molecule has 0 spiro atoms. The van der Waals surface area contributed by atoms with Crippen molar-refractivity contribution in [3.63, 3.8) is 0 Å². The first kappa shape index (κ1) is 19.1. The Morgan fingerprint density at radius 2 is 2.07 bits per heavy atom. The number of pyridine rings is 1. The molecule has 30 heavy (non-hydrogen) atoms. The standard InChI is InChI=1S/C22H19ClN4O2S/c1-13-8-25(12-24-13)18-4-5-19-22(29)26(14(2)9-27(19)21(18)28)10-15-11-30-20-6-3-16(23)7-17(15)20/h3-8,11-12,14H,9-10H2,1-2H3/t14-/m1/s1. The highest BCUT2D eigenvalue weighted by Crippen LogP contribution is 2.31. The third-order valence-electron chi connectivity index (χ3n) is 5.56. The van der Waals surface area contributed by atoms with Crippen molar-refractivity contribution < 1.29 is 4.79 Å². The SMILES string of the molecule is Cc1cn(-c2ccc3n(c2=O)C[C@@H](C)N(Cc2csc4ccc(Cl)cc24)C3=O)cn1. The summed E-state index contributed by atoms with van der Waals surface area (Å²) in [6.45, 7) is 4.78. The summed E-state index contributed by atoms with van der Waals surface area (Å²) in [4.78, 5) is 32.4. The van der Waals surface area contributed by atoms with Gasteiger partial charge in [0.1, 0.15) is 11.4 Å². The minimum atomic E-state index is -0.183. The molecule has 1 aromatic carbocycles. The first-order valence-electron chi connectivity index (χ1n) is 9.64. The fourth-order valence-electron chi connectivity index (χ4n) is 3.98. The summed E-state index contributed by atoms with van der Waals surface area (Å²) in [7, 11) is 0. The van der Waals surface area contributed by atoms with Gasteiger partial charge in [0.05, 0.1) is 12.0 Å². The number of benzene rings is 1. The third kappa shape index (κ3) is 3.05. The summed E-state index contributed by atoms with van der Waals surface area (Å²) in [5, 5.41) is 3.83. The van der Waals surface area contributed by atoms with Crippen molar-refractivity contribution in [2.24, 2.45) is 0 Å². The van der Waals surface area contributed by atoms with Gasteiger partial charge in [0.25, 0.3) is 11.5 Å². The largest absolute Gasteiger partial charge is 0.328 e. The molecule has 0 saturated heterocycles. The molecule has 0 radical (unpaired) electrons. The average Bonchev–Trinajstić information content (AvgIpc) is 3.32. The number of thiophene rings is 1. The smallest absolute Gasteiger partial charge is 0.275 e. The molecule has 152 valence electrons. The number of carbonyl (C=O) groups is 1. The fourth-order valence-corrected chi connectivity index (χ4v) is 5.09. The quantitative estimate of drug-likeness (QED) is 0.480. The van der Waals surface area contributed by atoms with Gasteiger partial charge >= 0.3 is 0 Å². The molecule has 5 rings (SSSR count). The van der Waals surface area contributed by atoms with Crippen LogP contribution in [0, 0.1) is 6.92 Å². The summed E-state index contributed by atoms with van der Waals surface area (Å²) in [6.07, 6.45) is 3.42. The number of carbonyl (C=O) groups excluding carboxylic acids is 1. The lowest BCUT2D eigenvalue weighted by atomic mass is 10.1. The Labute approximate surface area is 182 Å². The Balaban J connectivity index is 1.51. The Morgan fingerprint density at radius 1 is 1.23 bits per heavy atom. The van der Waals surface area contributed by atoms with Crippen LogP contribution in [-0.4, -0.2) is 31.0 Å². The number of rotatable bonds is 3. The molecule has 0 bridgehead atoms. The second-order valence-electron chi connectivity index (χ2n) is 7.63. The Hall–Kier alpha value is -2.90. The van der Waals surface area contributed by atoms with Crippen molar-refractivity contribution >= 4 is 38.9 Å². The van der Waals surface area contributed by atoms with Crippen LogP contribution in [0.1, 0.15) is 28.7 Å². The zero-order valence-corrected chi connectivity index (χ0v) is 18.1. The van der Waals surface area contributed by atoms with E-state index in [9.17, 15) is 9.59 Å². The number of aromatic nitrogens is 3. The van der Waals surface area contributed by atoms with E-state index in [0.29, 0.717) is 29.5 Å². The van der Waals surface area contributed by atoms with E-state index in [4.69, 9.17) is 11.6 Å². The van der Waals surface area contributed by atoms with Crippen LogP contribution in [0.25, 0.3) is 15.8 Å². The summed E-state index contributed by atoms with van der Waals surface area (Å²) >= 11 is 7.82. The lowest BCUT2D eigenvalue weighted by molar-refractivity contribution is 0.0591. The van der Waals surface area contributed by atoms with Gasteiger partial charge in [-0.1, -0.05) is 11.6 Å². The van der Waals surface area contributed by atoms with Crippen molar-refractivity contribution in [2.45, 2.75) is 33.0 Å². The lowest BCUT2D eigenvalue weighted by Crippen LogP contribution is -2.49. The van der Waals surface area contributed by atoms with Crippen molar-refractivity contribution in [1.29, 1.82) is 0 Å². The van der Waals surface area contributed by atoms with E-state index in [0.717, 1.165) is 21.3 Å². The van der Waals surface area contributed by atoms with E-state index in [1.807, 2.05) is 36.9 Å². The summed E-state index contributed by atoms with van der Waals surface area (Å²) in [5.41, 5.74) is 2.62. The molecule has 4 aromatic rings. The zero-order chi connectivity index (χ0) is 21.0. The van der Waals surface area contributed by atoms with E-state index < -0.39 is 0 Å². The van der Waals surface area contributed by atoms with Gasteiger partial charge in [-0.05, 0) is 60.5 Å². The Morgan fingerprint density at radius 3 is 2.83 bits per heavy atom. The first-order valence-corrected chi connectivity index (χ1v) is 10.9. The fraction of sp³-hybridized carbons (Fsp3) is 0.227. The maximum Gasteiger partial charge on any atom is 0.275 e. The number of nitrogens with zero attached hydrogens (tertiary/aromatic N) is 4. The Kier molecular flexibility index (Phi) is 4.52. The van der Waals surface area contributed by atoms with Gasteiger partial charge in [0, 0.05) is 35.1 Å². The molecule has 4 heterocycles. The normalized spacial score (nSPS) is 16.3. The van der Waals surface area contributed by atoms with E-state index in [-0.39, 0.29) is 17.5 Å². The Bertz CT molecular complexity index is 1350. The van der Waals surface area contributed by atoms with E-state index >= 15 is 0 Å². The molecule has 0 aliphatic carbocycles. The maximum absolute atomic E-state index is 13.3. The van der Waals surface area contributed by atoms with Crippen LogP contribution < -0.4 is 5.56 Å². The molecular weight excluding hydrogens is 420 g/mol. The molecule has 0 unspecified atom stereocenters. The highest BCUT2D eigenvalue weighted by Gasteiger charge is 2.31. The van der Waals surface area contributed by atoms with E-state index in [2.05, 4.69) is 10.4 Å². The number of halogens is 1. The average molecular weight is 439 g/mol. The lowest BCUT2D eigenvalue weighted by Gasteiger charge is -2.35. The van der Waals surface area contributed by atoms with Gasteiger partial charge < -0.3 is 14.0 Å². The van der Waals surface area contributed by atoms with Crippen LogP contribution in [0.3, 0.4) is 0 Å². The van der Waals surface area contributed by atoms with E-state index in [1.54, 1.807) is 45.1 Å². The second kappa shape index (κ2) is 7.11. The molecule has 0 fully saturated rings. The molecule has 8 heteroatoms. The van der Waals surface area contributed by atoms with Gasteiger partial charge in [-0.2, -0.15) is 0 Å². The minimum absolute atomic E-state index is 0.114. The highest BCUT2D eigenvalue weighted by molar-refractivity contribution is 7.17. The summed E-state index contributed by atoms with van der Waals surface area (Å²) in [6, 6.07) is 9.13. The van der Waals surface area contributed by atoms with Crippen LogP contribution in [0.4, 0.5) is 0 Å². The van der Waals surface area contributed by atoms with Gasteiger partial charge in [-0.3, -0.25) is 9.59 Å². The number of amides is 1. The number of fused-ring (bicyclic) bond motifs is 2. The van der Waals surface area contributed by atoms with Gasteiger partial charge in [0.2, 0.25) is 0 Å². The van der Waals surface area contributed by atoms with Crippen molar-refractivity contribution in [1.82, 2.24) is 19.0 Å². The summed E-state index contributed by atoms with van der Waals surface area (Å²) in [5.74, 6) is -0.138. The monoisotopic (exact) mass is 438 g/mol. The molecule has 1 atom stereocenters. The van der Waals surface area contributed by atoms with Crippen LogP contribution >= 0.6 is 22.9 Å². The van der Waals surface area contributed by atoms with Crippen LogP contribution in [0.2, 0.25) is 5.02 Å². The van der Waals surface area contributed by atoms with Crippen LogP contribution in [0.5, 0.6) is 0 Å². The second-order valence-corrected chi connectivity index (χ2v) is 8.97. The topological polar surface area (TPSA) is 60.1 Å². The molecular formula is C22H19ClN4O2S. The first-order chi connectivity index (χ1) is 14.4. The zero-order valence-electron chi connectivity index (χ0n) is 16.5. The molecule has 0 saturated carbocycles. The molecule has 0 N–H and O–H groups in total. The molecule has 3 aromatic heterocycles. The number of hydrogen-bond acceptors (Lipinski definition) is 4. The van der Waals surface area contributed by atoms with E-state index in [1.165, 1.54) is 0 Å².